The number of nitrogens with one attached hydrogen (secondary N) is 1. The van der Waals surface area contributed by atoms with Gasteiger partial charge in [-0.3, -0.25) is 9.20 Å². The Morgan fingerprint density at radius 3 is 3.05 bits per heavy atom. The molecule has 21 heavy (non-hydrogen) atoms. The summed E-state index contributed by atoms with van der Waals surface area (Å²) in [6, 6.07) is 6.60. The van der Waals surface area contributed by atoms with E-state index >= 15 is 0 Å². The summed E-state index contributed by atoms with van der Waals surface area (Å²) in [7, 11) is 0. The topological polar surface area (TPSA) is 46.4 Å². The van der Waals surface area contributed by atoms with E-state index in [0.717, 1.165) is 10.7 Å². The number of imidazole rings is 1. The molecule has 2 heterocycles. The average molecular weight is 303 g/mol. The predicted molar refractivity (Wildman–Crippen MR) is 79.9 cm³/mol. The summed E-state index contributed by atoms with van der Waals surface area (Å²) in [5.41, 5.74) is 1.35. The highest BCUT2D eigenvalue weighted by Crippen LogP contribution is 2.11. The Hall–Kier alpha value is -2.21. The van der Waals surface area contributed by atoms with Gasteiger partial charge in [-0.25, -0.2) is 9.37 Å². The van der Waals surface area contributed by atoms with E-state index in [1.54, 1.807) is 18.2 Å². The summed E-state index contributed by atoms with van der Waals surface area (Å²) in [5.74, 6) is -0.335. The molecule has 6 heteroatoms. The lowest BCUT2D eigenvalue weighted by Gasteiger charge is -2.05. The van der Waals surface area contributed by atoms with Crippen LogP contribution in [0, 0.1) is 5.82 Å². The number of halogens is 1. The van der Waals surface area contributed by atoms with E-state index in [1.807, 2.05) is 22.2 Å². The van der Waals surface area contributed by atoms with Gasteiger partial charge in [-0.1, -0.05) is 18.2 Å². The van der Waals surface area contributed by atoms with Crippen LogP contribution in [0.2, 0.25) is 0 Å². The van der Waals surface area contributed by atoms with Crippen LogP contribution in [-0.4, -0.2) is 21.8 Å². The lowest BCUT2D eigenvalue weighted by molar-refractivity contribution is -0.120. The molecule has 0 saturated carbocycles. The minimum absolute atomic E-state index is 0.0999. The maximum absolute atomic E-state index is 13.4. The molecule has 0 fully saturated rings. The number of carbonyl (C=O) groups excluding carboxylic acids is 1. The van der Waals surface area contributed by atoms with E-state index in [1.165, 1.54) is 17.4 Å². The standard InChI is InChI=1S/C15H14FN3OS/c16-13-4-2-1-3-11(13)5-6-17-14(20)9-12-10-19-7-8-21-15(19)18-12/h1-4,7-8,10H,5-6,9H2,(H,17,20). The zero-order chi connectivity index (χ0) is 14.7. The summed E-state index contributed by atoms with van der Waals surface area (Å²) in [6.07, 6.45) is 4.48. The zero-order valence-electron chi connectivity index (χ0n) is 11.3. The first-order valence-electron chi connectivity index (χ1n) is 6.63. The molecule has 0 radical (unpaired) electrons. The second kappa shape index (κ2) is 6.05. The van der Waals surface area contributed by atoms with Crippen LogP contribution in [0.5, 0.6) is 0 Å². The molecular formula is C15H14FN3OS. The fraction of sp³-hybridized carbons (Fsp3) is 0.200. The molecule has 0 atom stereocenters. The normalized spacial score (nSPS) is 10.9. The summed E-state index contributed by atoms with van der Waals surface area (Å²) in [5, 5.41) is 4.74. The predicted octanol–water partition coefficient (Wildman–Crippen LogP) is 2.44. The molecule has 1 N–H and O–H groups in total. The fourth-order valence-electron chi connectivity index (χ4n) is 2.13. The molecule has 0 bridgehead atoms. The van der Waals surface area contributed by atoms with Crippen LogP contribution >= 0.6 is 11.3 Å². The monoisotopic (exact) mass is 303 g/mol. The van der Waals surface area contributed by atoms with E-state index in [9.17, 15) is 9.18 Å². The zero-order valence-corrected chi connectivity index (χ0v) is 12.1. The van der Waals surface area contributed by atoms with Crippen molar-refractivity contribution in [2.45, 2.75) is 12.8 Å². The third-order valence-corrected chi connectivity index (χ3v) is 3.93. The third kappa shape index (κ3) is 3.28. The molecule has 1 aromatic carbocycles. The van der Waals surface area contributed by atoms with Crippen LogP contribution in [0.4, 0.5) is 4.39 Å². The number of fused-ring (bicyclic) bond motifs is 1. The van der Waals surface area contributed by atoms with E-state index in [4.69, 9.17) is 0 Å². The smallest absolute Gasteiger partial charge is 0.226 e. The Labute approximate surface area is 125 Å². The molecule has 0 unspecified atom stereocenters. The van der Waals surface area contributed by atoms with E-state index in [2.05, 4.69) is 10.3 Å². The summed E-state index contributed by atoms with van der Waals surface area (Å²) >= 11 is 1.53. The van der Waals surface area contributed by atoms with Crippen molar-refractivity contribution in [3.63, 3.8) is 0 Å². The van der Waals surface area contributed by atoms with Gasteiger partial charge in [-0.05, 0) is 18.1 Å². The Kier molecular flexibility index (Phi) is 3.96. The van der Waals surface area contributed by atoms with Crippen molar-refractivity contribution in [1.82, 2.24) is 14.7 Å². The van der Waals surface area contributed by atoms with Crippen molar-refractivity contribution in [1.29, 1.82) is 0 Å². The highest BCUT2D eigenvalue weighted by Gasteiger charge is 2.08. The van der Waals surface area contributed by atoms with Crippen LogP contribution in [0.1, 0.15) is 11.3 Å². The molecule has 0 saturated heterocycles. The third-order valence-electron chi connectivity index (χ3n) is 3.16. The average Bonchev–Trinajstić information content (AvgIpc) is 3.02. The SMILES string of the molecule is O=C(Cc1cn2ccsc2n1)NCCc1ccccc1F. The van der Waals surface area contributed by atoms with Gasteiger partial charge >= 0.3 is 0 Å². The van der Waals surface area contributed by atoms with Crippen LogP contribution in [0.15, 0.2) is 42.0 Å². The van der Waals surface area contributed by atoms with Crippen LogP contribution in [0.25, 0.3) is 4.96 Å². The van der Waals surface area contributed by atoms with Gasteiger partial charge in [0.15, 0.2) is 4.96 Å². The van der Waals surface area contributed by atoms with E-state index in [0.29, 0.717) is 18.5 Å². The molecule has 2 aromatic heterocycles. The minimum Gasteiger partial charge on any atom is -0.355 e. The van der Waals surface area contributed by atoms with E-state index in [-0.39, 0.29) is 18.1 Å². The van der Waals surface area contributed by atoms with Crippen molar-refractivity contribution in [3.05, 3.63) is 59.1 Å². The Morgan fingerprint density at radius 2 is 2.24 bits per heavy atom. The first kappa shape index (κ1) is 13.8. The van der Waals surface area contributed by atoms with E-state index < -0.39 is 0 Å². The molecule has 108 valence electrons. The first-order valence-corrected chi connectivity index (χ1v) is 7.51. The van der Waals surface area contributed by atoms with Crippen LogP contribution in [0.3, 0.4) is 0 Å². The Balaban J connectivity index is 1.50. The van der Waals surface area contributed by atoms with Gasteiger partial charge in [-0.2, -0.15) is 0 Å². The number of benzene rings is 1. The first-order chi connectivity index (χ1) is 10.2. The van der Waals surface area contributed by atoms with Crippen molar-refractivity contribution in [3.8, 4) is 0 Å². The number of rotatable bonds is 5. The molecule has 3 aromatic rings. The quantitative estimate of drug-likeness (QED) is 0.787. The van der Waals surface area contributed by atoms with Gasteiger partial charge in [0.2, 0.25) is 5.91 Å². The number of hydrogen-bond donors (Lipinski definition) is 1. The number of aromatic nitrogens is 2. The highest BCUT2D eigenvalue weighted by molar-refractivity contribution is 7.15. The van der Waals surface area contributed by atoms with Crippen molar-refractivity contribution < 1.29 is 9.18 Å². The maximum atomic E-state index is 13.4. The van der Waals surface area contributed by atoms with Gasteiger partial charge in [0.05, 0.1) is 12.1 Å². The van der Waals surface area contributed by atoms with Gasteiger partial charge in [0, 0.05) is 24.3 Å². The summed E-state index contributed by atoms with van der Waals surface area (Å²) < 4.78 is 15.3. The van der Waals surface area contributed by atoms with Crippen molar-refractivity contribution in [2.75, 3.05) is 6.54 Å². The molecule has 4 nitrogen and oxygen atoms in total. The molecule has 0 aliphatic rings. The van der Waals surface area contributed by atoms with Gasteiger partial charge in [-0.15, -0.1) is 11.3 Å². The molecule has 0 spiro atoms. The molecular weight excluding hydrogens is 289 g/mol. The molecule has 1 amide bonds. The van der Waals surface area contributed by atoms with Gasteiger partial charge in [0.1, 0.15) is 5.82 Å². The van der Waals surface area contributed by atoms with Crippen molar-refractivity contribution in [2.24, 2.45) is 0 Å². The number of hydrogen-bond acceptors (Lipinski definition) is 3. The second-order valence-corrected chi connectivity index (χ2v) is 5.57. The molecule has 3 rings (SSSR count). The Bertz CT molecular complexity index is 736. The fourth-order valence-corrected chi connectivity index (χ4v) is 2.84. The lowest BCUT2D eigenvalue weighted by Crippen LogP contribution is -2.27. The number of nitrogens with zero attached hydrogens (tertiary/aromatic N) is 2. The highest BCUT2D eigenvalue weighted by atomic mass is 32.1. The number of carbonyl (C=O) groups is 1. The number of thiazole rings is 1. The summed E-state index contributed by atoms with van der Waals surface area (Å²) in [4.78, 5) is 17.1. The number of amides is 1. The largest absolute Gasteiger partial charge is 0.355 e. The van der Waals surface area contributed by atoms with Crippen LogP contribution in [-0.2, 0) is 17.6 Å². The lowest BCUT2D eigenvalue weighted by atomic mass is 10.1. The van der Waals surface area contributed by atoms with Crippen molar-refractivity contribution >= 4 is 22.2 Å². The molecule has 0 aliphatic carbocycles. The van der Waals surface area contributed by atoms with Crippen LogP contribution < -0.4 is 5.32 Å². The minimum atomic E-state index is -0.235. The van der Waals surface area contributed by atoms with Gasteiger partial charge < -0.3 is 5.32 Å². The maximum Gasteiger partial charge on any atom is 0.226 e. The second-order valence-electron chi connectivity index (χ2n) is 4.69. The molecule has 0 aliphatic heterocycles. The summed E-state index contributed by atoms with van der Waals surface area (Å²) in [6.45, 7) is 0.419. The van der Waals surface area contributed by atoms with Gasteiger partial charge in [0.25, 0.3) is 0 Å². The Morgan fingerprint density at radius 1 is 1.38 bits per heavy atom.